The lowest BCUT2D eigenvalue weighted by atomic mass is 9.79. The van der Waals surface area contributed by atoms with Gasteiger partial charge in [-0.1, -0.05) is 37.5 Å². The number of carboxylic acids is 1. The fourth-order valence-electron chi connectivity index (χ4n) is 2.69. The van der Waals surface area contributed by atoms with Crippen molar-refractivity contribution in [2.75, 3.05) is 5.32 Å². The van der Waals surface area contributed by atoms with Gasteiger partial charge in [0, 0.05) is 11.2 Å². The molecular weight excluding hydrogens is 214 g/mol. The van der Waals surface area contributed by atoms with Crippen molar-refractivity contribution in [1.29, 1.82) is 0 Å². The quantitative estimate of drug-likeness (QED) is 0.839. The van der Waals surface area contributed by atoms with Crippen LogP contribution in [0.25, 0.3) is 0 Å². The highest BCUT2D eigenvalue weighted by molar-refractivity contribution is 5.69. The summed E-state index contributed by atoms with van der Waals surface area (Å²) >= 11 is 0. The highest BCUT2D eigenvalue weighted by Crippen LogP contribution is 2.34. The van der Waals surface area contributed by atoms with Gasteiger partial charge in [0.15, 0.2) is 0 Å². The third-order valence-corrected chi connectivity index (χ3v) is 3.48. The third-order valence-electron chi connectivity index (χ3n) is 3.48. The molecule has 17 heavy (non-hydrogen) atoms. The van der Waals surface area contributed by atoms with Crippen LogP contribution in [0.15, 0.2) is 30.3 Å². The number of nitrogens with one attached hydrogen (secondary N) is 1. The van der Waals surface area contributed by atoms with Gasteiger partial charge in [0.25, 0.3) is 0 Å². The van der Waals surface area contributed by atoms with Crippen molar-refractivity contribution in [3.05, 3.63) is 30.3 Å². The molecule has 0 radical (unpaired) electrons. The zero-order chi connectivity index (χ0) is 12.1. The first kappa shape index (κ1) is 12.0. The fourth-order valence-corrected chi connectivity index (χ4v) is 2.69. The Morgan fingerprint density at radius 3 is 2.41 bits per heavy atom. The lowest BCUT2D eigenvalue weighted by molar-refractivity contribution is -0.138. The molecule has 1 saturated carbocycles. The molecule has 92 valence electrons. The number of hydrogen-bond donors (Lipinski definition) is 2. The molecule has 1 aromatic rings. The van der Waals surface area contributed by atoms with E-state index in [1.807, 2.05) is 30.3 Å². The van der Waals surface area contributed by atoms with E-state index in [1.165, 1.54) is 6.42 Å². The fraction of sp³-hybridized carbons (Fsp3) is 0.500. The first-order valence-corrected chi connectivity index (χ1v) is 6.25. The minimum atomic E-state index is -0.713. The molecule has 1 aliphatic rings. The Morgan fingerprint density at radius 2 is 1.82 bits per heavy atom. The summed E-state index contributed by atoms with van der Waals surface area (Å²) in [5.41, 5.74) is 0.779. The van der Waals surface area contributed by atoms with Crippen LogP contribution in [0.4, 0.5) is 5.69 Å². The molecule has 1 fully saturated rings. The summed E-state index contributed by atoms with van der Waals surface area (Å²) in [7, 11) is 0. The smallest absolute Gasteiger partial charge is 0.305 e. The average Bonchev–Trinajstić information content (AvgIpc) is 2.30. The summed E-state index contributed by atoms with van der Waals surface area (Å²) in [6, 6.07) is 9.91. The monoisotopic (exact) mass is 233 g/mol. The molecule has 0 spiro atoms. The van der Waals surface area contributed by atoms with Crippen molar-refractivity contribution in [2.24, 2.45) is 0 Å². The Kier molecular flexibility index (Phi) is 3.67. The highest BCUT2D eigenvalue weighted by Gasteiger charge is 2.34. The molecule has 0 saturated heterocycles. The largest absolute Gasteiger partial charge is 0.481 e. The number of hydrogen-bond acceptors (Lipinski definition) is 2. The Labute approximate surface area is 102 Å². The van der Waals surface area contributed by atoms with Crippen LogP contribution in [0.1, 0.15) is 38.5 Å². The van der Waals surface area contributed by atoms with E-state index in [0.29, 0.717) is 0 Å². The van der Waals surface area contributed by atoms with Crippen LogP contribution < -0.4 is 5.32 Å². The lowest BCUT2D eigenvalue weighted by Gasteiger charge is -2.38. The van der Waals surface area contributed by atoms with Crippen LogP contribution in [0.3, 0.4) is 0 Å². The second-order valence-corrected chi connectivity index (χ2v) is 4.90. The van der Waals surface area contributed by atoms with Gasteiger partial charge in [0.1, 0.15) is 0 Å². The van der Waals surface area contributed by atoms with Crippen LogP contribution in [0.2, 0.25) is 0 Å². The molecule has 0 bridgehead atoms. The van der Waals surface area contributed by atoms with Gasteiger partial charge in [-0.25, -0.2) is 0 Å². The molecule has 3 nitrogen and oxygen atoms in total. The van der Waals surface area contributed by atoms with E-state index in [0.717, 1.165) is 31.4 Å². The van der Waals surface area contributed by atoms with E-state index >= 15 is 0 Å². The standard InChI is InChI=1S/C14H19NO2/c16-13(17)11-14(9-5-2-6-10-14)15-12-7-3-1-4-8-12/h1,3-4,7-8,15H,2,5-6,9-11H2,(H,16,17). The van der Waals surface area contributed by atoms with Crippen LogP contribution in [0, 0.1) is 0 Å². The molecule has 3 heteroatoms. The normalized spacial score (nSPS) is 18.6. The number of aliphatic carboxylic acids is 1. The number of benzene rings is 1. The van der Waals surface area contributed by atoms with Crippen LogP contribution in [0.5, 0.6) is 0 Å². The van der Waals surface area contributed by atoms with Gasteiger partial charge in [0.05, 0.1) is 6.42 Å². The zero-order valence-electron chi connectivity index (χ0n) is 9.98. The van der Waals surface area contributed by atoms with Crippen LogP contribution in [-0.4, -0.2) is 16.6 Å². The van der Waals surface area contributed by atoms with E-state index in [9.17, 15) is 4.79 Å². The van der Waals surface area contributed by atoms with Crippen molar-refractivity contribution in [1.82, 2.24) is 0 Å². The zero-order valence-corrected chi connectivity index (χ0v) is 9.98. The molecule has 0 atom stereocenters. The van der Waals surface area contributed by atoms with Crippen molar-refractivity contribution < 1.29 is 9.90 Å². The predicted molar refractivity (Wildman–Crippen MR) is 68.1 cm³/mol. The van der Waals surface area contributed by atoms with Crippen LogP contribution in [-0.2, 0) is 4.79 Å². The summed E-state index contributed by atoms with van der Waals surface area (Å²) in [5, 5.41) is 12.5. The molecule has 0 aliphatic heterocycles. The average molecular weight is 233 g/mol. The molecule has 1 aromatic carbocycles. The van der Waals surface area contributed by atoms with Gasteiger partial charge in [-0.3, -0.25) is 4.79 Å². The number of carbonyl (C=O) groups is 1. The number of rotatable bonds is 4. The molecule has 2 rings (SSSR count). The van der Waals surface area contributed by atoms with E-state index in [2.05, 4.69) is 5.32 Å². The van der Waals surface area contributed by atoms with Crippen molar-refractivity contribution in [3.8, 4) is 0 Å². The first-order chi connectivity index (χ1) is 8.20. The van der Waals surface area contributed by atoms with E-state index < -0.39 is 5.97 Å². The third kappa shape index (κ3) is 3.22. The first-order valence-electron chi connectivity index (χ1n) is 6.25. The van der Waals surface area contributed by atoms with Gasteiger partial charge < -0.3 is 10.4 Å². The Bertz CT molecular complexity index is 369. The van der Waals surface area contributed by atoms with Crippen molar-refractivity contribution >= 4 is 11.7 Å². The molecule has 0 heterocycles. The molecular formula is C14H19NO2. The topological polar surface area (TPSA) is 49.3 Å². The number of anilines is 1. The van der Waals surface area contributed by atoms with Gasteiger partial charge in [0.2, 0.25) is 0 Å². The second kappa shape index (κ2) is 5.21. The number of carboxylic acid groups (broad SMARTS) is 1. The van der Waals surface area contributed by atoms with Crippen LogP contribution >= 0.6 is 0 Å². The maximum atomic E-state index is 11.0. The summed E-state index contributed by atoms with van der Waals surface area (Å²) < 4.78 is 0. The van der Waals surface area contributed by atoms with E-state index in [4.69, 9.17) is 5.11 Å². The second-order valence-electron chi connectivity index (χ2n) is 4.90. The minimum Gasteiger partial charge on any atom is -0.481 e. The van der Waals surface area contributed by atoms with Crippen molar-refractivity contribution in [2.45, 2.75) is 44.1 Å². The van der Waals surface area contributed by atoms with E-state index in [-0.39, 0.29) is 12.0 Å². The van der Waals surface area contributed by atoms with Gasteiger partial charge in [-0.05, 0) is 25.0 Å². The van der Waals surface area contributed by atoms with Crippen molar-refractivity contribution in [3.63, 3.8) is 0 Å². The van der Waals surface area contributed by atoms with Gasteiger partial charge >= 0.3 is 5.97 Å². The summed E-state index contributed by atoms with van der Waals surface area (Å²) in [5.74, 6) is -0.713. The SMILES string of the molecule is O=C(O)CC1(Nc2ccccc2)CCCCC1. The maximum Gasteiger partial charge on any atom is 0.305 e. The van der Waals surface area contributed by atoms with Gasteiger partial charge in [-0.15, -0.1) is 0 Å². The Balaban J connectivity index is 2.12. The molecule has 0 amide bonds. The molecule has 0 aromatic heterocycles. The highest BCUT2D eigenvalue weighted by atomic mass is 16.4. The Hall–Kier alpha value is -1.51. The maximum absolute atomic E-state index is 11.0. The minimum absolute atomic E-state index is 0.210. The Morgan fingerprint density at radius 1 is 1.18 bits per heavy atom. The number of para-hydroxylation sites is 1. The van der Waals surface area contributed by atoms with E-state index in [1.54, 1.807) is 0 Å². The van der Waals surface area contributed by atoms with Gasteiger partial charge in [-0.2, -0.15) is 0 Å². The molecule has 0 unspecified atom stereocenters. The molecule has 1 aliphatic carbocycles. The summed E-state index contributed by atoms with van der Waals surface area (Å²) in [6.45, 7) is 0. The summed E-state index contributed by atoms with van der Waals surface area (Å²) in [4.78, 5) is 11.0. The summed E-state index contributed by atoms with van der Waals surface area (Å²) in [6.07, 6.45) is 5.57. The predicted octanol–water partition coefficient (Wildman–Crippen LogP) is 3.28. The lowest BCUT2D eigenvalue weighted by Crippen LogP contribution is -2.42. The molecule has 2 N–H and O–H groups in total.